The molecule has 0 unspecified atom stereocenters. The number of rotatable bonds is 7. The summed E-state index contributed by atoms with van der Waals surface area (Å²) in [5.74, 6) is 0.689. The van der Waals surface area contributed by atoms with Crippen LogP contribution in [0, 0.1) is 6.92 Å². The summed E-state index contributed by atoms with van der Waals surface area (Å²) < 4.78 is 18.8. The van der Waals surface area contributed by atoms with Crippen molar-refractivity contribution in [2.24, 2.45) is 0 Å². The van der Waals surface area contributed by atoms with Gasteiger partial charge in [0.1, 0.15) is 11.2 Å². The number of thiophene rings is 1. The third-order valence-electron chi connectivity index (χ3n) is 5.36. The summed E-state index contributed by atoms with van der Waals surface area (Å²) in [6.45, 7) is 1.52. The number of amides is 1. The van der Waals surface area contributed by atoms with Crippen LogP contribution < -0.4 is 30.8 Å². The van der Waals surface area contributed by atoms with E-state index in [9.17, 15) is 14.4 Å². The summed E-state index contributed by atoms with van der Waals surface area (Å²) in [6, 6.07) is 12.0. The maximum atomic E-state index is 13.4. The molecule has 2 heterocycles. The summed E-state index contributed by atoms with van der Waals surface area (Å²) in [4.78, 5) is 39.5. The van der Waals surface area contributed by atoms with Gasteiger partial charge in [-0.2, -0.15) is 0 Å². The Hall–Kier alpha value is -4.05. The van der Waals surface area contributed by atoms with Gasteiger partial charge in [-0.25, -0.2) is 9.36 Å². The molecule has 0 saturated heterocycles. The number of carbonyl (C=O) groups is 1. The van der Waals surface area contributed by atoms with Crippen molar-refractivity contribution in [3.63, 3.8) is 0 Å². The van der Waals surface area contributed by atoms with E-state index in [-0.39, 0.29) is 6.54 Å². The van der Waals surface area contributed by atoms with E-state index in [4.69, 9.17) is 14.2 Å². The molecule has 0 aliphatic heterocycles. The second kappa shape index (κ2) is 9.44. The normalized spacial score (nSPS) is 10.8. The number of ether oxygens (including phenoxy) is 3. The molecule has 4 aromatic rings. The average Bonchev–Trinajstić information content (AvgIpc) is 3.32. The highest BCUT2D eigenvalue weighted by molar-refractivity contribution is 7.17. The SMILES string of the molecule is COc1cc(NC(=O)Cn2c(=O)n(-c3ccccc3C)c(=O)c3sccc32)cc(OC)c1OC. The molecule has 0 radical (unpaired) electrons. The van der Waals surface area contributed by atoms with Gasteiger partial charge in [0.15, 0.2) is 11.5 Å². The minimum Gasteiger partial charge on any atom is -0.493 e. The molecule has 0 saturated carbocycles. The molecule has 4 rings (SSSR count). The lowest BCUT2D eigenvalue weighted by molar-refractivity contribution is -0.116. The number of carbonyl (C=O) groups excluding carboxylic acids is 1. The van der Waals surface area contributed by atoms with Crippen molar-refractivity contribution in [2.75, 3.05) is 26.6 Å². The zero-order chi connectivity index (χ0) is 24.4. The quantitative estimate of drug-likeness (QED) is 0.435. The Kier molecular flexibility index (Phi) is 6.42. The van der Waals surface area contributed by atoms with Gasteiger partial charge < -0.3 is 19.5 Å². The summed E-state index contributed by atoms with van der Waals surface area (Å²) in [7, 11) is 4.44. The van der Waals surface area contributed by atoms with E-state index in [1.54, 1.807) is 35.7 Å². The molecule has 1 N–H and O–H groups in total. The predicted molar refractivity (Wildman–Crippen MR) is 131 cm³/mol. The van der Waals surface area contributed by atoms with Gasteiger partial charge >= 0.3 is 5.69 Å². The Bertz CT molecular complexity index is 1480. The van der Waals surface area contributed by atoms with Crippen LogP contribution in [-0.4, -0.2) is 36.4 Å². The first kappa shape index (κ1) is 23.1. The minimum atomic E-state index is -0.592. The number of benzene rings is 2. The number of para-hydroxylation sites is 1. The first-order chi connectivity index (χ1) is 16.4. The lowest BCUT2D eigenvalue weighted by Crippen LogP contribution is -2.40. The van der Waals surface area contributed by atoms with Crippen LogP contribution in [0.1, 0.15) is 5.56 Å². The molecule has 2 aromatic carbocycles. The summed E-state index contributed by atoms with van der Waals surface area (Å²) in [5, 5.41) is 4.49. The van der Waals surface area contributed by atoms with E-state index in [1.165, 1.54) is 37.2 Å². The molecule has 0 spiro atoms. The summed E-state index contributed by atoms with van der Waals surface area (Å²) in [5.41, 5.74) is 1.06. The third kappa shape index (κ3) is 4.03. The number of hydrogen-bond donors (Lipinski definition) is 1. The maximum absolute atomic E-state index is 13.4. The number of nitrogens with one attached hydrogen (secondary N) is 1. The van der Waals surface area contributed by atoms with E-state index in [0.29, 0.717) is 38.8 Å². The molecule has 0 aliphatic rings. The van der Waals surface area contributed by atoms with Crippen molar-refractivity contribution in [3.05, 3.63) is 74.2 Å². The van der Waals surface area contributed by atoms with Crippen LogP contribution >= 0.6 is 11.3 Å². The first-order valence-electron chi connectivity index (χ1n) is 10.3. The second-order valence-electron chi connectivity index (χ2n) is 7.39. The van der Waals surface area contributed by atoms with Gasteiger partial charge in [0.25, 0.3) is 5.56 Å². The molecule has 176 valence electrons. The summed E-state index contributed by atoms with van der Waals surface area (Å²) >= 11 is 1.22. The predicted octanol–water partition coefficient (Wildman–Crippen LogP) is 3.19. The number of methoxy groups -OCH3 is 3. The largest absolute Gasteiger partial charge is 0.493 e. The fourth-order valence-electron chi connectivity index (χ4n) is 3.76. The second-order valence-corrected chi connectivity index (χ2v) is 8.31. The van der Waals surface area contributed by atoms with Gasteiger partial charge in [0.2, 0.25) is 11.7 Å². The van der Waals surface area contributed by atoms with Gasteiger partial charge in [0, 0.05) is 17.8 Å². The highest BCUT2D eigenvalue weighted by atomic mass is 32.1. The van der Waals surface area contributed by atoms with Crippen molar-refractivity contribution in [3.8, 4) is 22.9 Å². The number of anilines is 1. The maximum Gasteiger partial charge on any atom is 0.336 e. The molecule has 34 heavy (non-hydrogen) atoms. The Balaban J connectivity index is 1.76. The molecule has 9 nitrogen and oxygen atoms in total. The number of fused-ring (bicyclic) bond motifs is 1. The summed E-state index contributed by atoms with van der Waals surface area (Å²) in [6.07, 6.45) is 0. The number of aryl methyl sites for hydroxylation is 1. The Labute approximate surface area is 198 Å². The molecule has 10 heteroatoms. The van der Waals surface area contributed by atoms with Gasteiger partial charge in [-0.3, -0.25) is 14.2 Å². The smallest absolute Gasteiger partial charge is 0.336 e. The molecule has 2 aromatic heterocycles. The lowest BCUT2D eigenvalue weighted by atomic mass is 10.2. The third-order valence-corrected chi connectivity index (χ3v) is 6.25. The zero-order valence-corrected chi connectivity index (χ0v) is 19.9. The minimum absolute atomic E-state index is 0.297. The van der Waals surface area contributed by atoms with Crippen molar-refractivity contribution in [1.82, 2.24) is 9.13 Å². The molecule has 0 fully saturated rings. The van der Waals surface area contributed by atoms with E-state index >= 15 is 0 Å². The number of hydrogen-bond acceptors (Lipinski definition) is 7. The van der Waals surface area contributed by atoms with Crippen molar-refractivity contribution < 1.29 is 19.0 Å². The van der Waals surface area contributed by atoms with Crippen LogP contribution in [0.2, 0.25) is 0 Å². The zero-order valence-electron chi connectivity index (χ0n) is 19.1. The Morgan fingerprint density at radius 3 is 2.29 bits per heavy atom. The fraction of sp³-hybridized carbons (Fsp3) is 0.208. The van der Waals surface area contributed by atoms with Crippen LogP contribution in [0.4, 0.5) is 5.69 Å². The van der Waals surface area contributed by atoms with Gasteiger partial charge in [-0.1, -0.05) is 18.2 Å². The average molecular weight is 482 g/mol. The highest BCUT2D eigenvalue weighted by Gasteiger charge is 2.19. The number of nitrogens with zero attached hydrogens (tertiary/aromatic N) is 2. The van der Waals surface area contributed by atoms with Crippen molar-refractivity contribution >= 4 is 33.1 Å². The van der Waals surface area contributed by atoms with Gasteiger partial charge in [-0.15, -0.1) is 11.3 Å². The van der Waals surface area contributed by atoms with Crippen LogP contribution in [0.3, 0.4) is 0 Å². The molecule has 0 atom stereocenters. The topological polar surface area (TPSA) is 101 Å². The molecule has 1 amide bonds. The van der Waals surface area contributed by atoms with E-state index in [0.717, 1.165) is 10.1 Å². The number of aromatic nitrogens is 2. The van der Waals surface area contributed by atoms with Gasteiger partial charge in [0.05, 0.1) is 32.5 Å². The molecular formula is C24H23N3O6S. The van der Waals surface area contributed by atoms with Crippen LogP contribution in [-0.2, 0) is 11.3 Å². The Morgan fingerprint density at radius 1 is 1.00 bits per heavy atom. The van der Waals surface area contributed by atoms with Crippen LogP contribution in [0.5, 0.6) is 17.2 Å². The van der Waals surface area contributed by atoms with E-state index in [1.807, 2.05) is 19.1 Å². The standard InChI is InChI=1S/C24H23N3O6S/c1-14-7-5-6-8-16(14)27-23(29)22-17(9-10-34-22)26(24(27)30)13-20(28)25-15-11-18(31-2)21(33-4)19(12-15)32-3/h5-12H,13H2,1-4H3,(H,25,28). The van der Waals surface area contributed by atoms with Crippen molar-refractivity contribution in [1.29, 1.82) is 0 Å². The van der Waals surface area contributed by atoms with Crippen molar-refractivity contribution in [2.45, 2.75) is 13.5 Å². The fourth-order valence-corrected chi connectivity index (χ4v) is 4.59. The molecule has 0 bridgehead atoms. The molecular weight excluding hydrogens is 458 g/mol. The lowest BCUT2D eigenvalue weighted by Gasteiger charge is -2.16. The monoisotopic (exact) mass is 481 g/mol. The Morgan fingerprint density at radius 2 is 1.68 bits per heavy atom. The van der Waals surface area contributed by atoms with E-state index < -0.39 is 17.2 Å². The van der Waals surface area contributed by atoms with Crippen LogP contribution in [0.15, 0.2) is 57.4 Å². The van der Waals surface area contributed by atoms with Crippen LogP contribution in [0.25, 0.3) is 15.9 Å². The molecule has 0 aliphatic carbocycles. The highest BCUT2D eigenvalue weighted by Crippen LogP contribution is 2.39. The first-order valence-corrected chi connectivity index (χ1v) is 11.2. The van der Waals surface area contributed by atoms with E-state index in [2.05, 4.69) is 5.32 Å². The van der Waals surface area contributed by atoms with Gasteiger partial charge in [-0.05, 0) is 30.0 Å².